The second-order valence-electron chi connectivity index (χ2n) is 4.33. The van der Waals surface area contributed by atoms with Crippen molar-refractivity contribution in [2.24, 2.45) is 0 Å². The van der Waals surface area contributed by atoms with E-state index in [4.69, 9.17) is 14.6 Å². The molecule has 4 N–H and O–H groups in total. The Kier molecular flexibility index (Phi) is 6.10. The average molecular weight is 315 g/mol. The smallest absolute Gasteiger partial charge is 0.394 e. The van der Waals surface area contributed by atoms with Crippen molar-refractivity contribution in [3.8, 4) is 0 Å². The van der Waals surface area contributed by atoms with E-state index in [2.05, 4.69) is 6.58 Å². The van der Waals surface area contributed by atoms with Gasteiger partial charge in [0.1, 0.15) is 24.4 Å². The fourth-order valence-electron chi connectivity index (χ4n) is 1.77. The summed E-state index contributed by atoms with van der Waals surface area (Å²) in [7, 11) is 0. The van der Waals surface area contributed by atoms with Crippen LogP contribution in [0.3, 0.4) is 0 Å². The molecule has 0 bridgehead atoms. The second kappa shape index (κ2) is 7.18. The number of hydrogen-bond acceptors (Lipinski definition) is 6. The van der Waals surface area contributed by atoms with Gasteiger partial charge in [-0.25, -0.2) is 0 Å². The van der Waals surface area contributed by atoms with Crippen LogP contribution in [0.25, 0.3) is 0 Å². The topological polar surface area (TPSA) is 108 Å². The van der Waals surface area contributed by atoms with Crippen LogP contribution in [-0.4, -0.2) is 71.3 Å². The molecule has 0 radical (unpaired) electrons. The molecular weight excluding hydrogens is 299 g/mol. The molecular formula is C11H16F3NO6. The van der Waals surface area contributed by atoms with Crippen molar-refractivity contribution in [3.05, 3.63) is 12.7 Å². The number of rotatable bonds is 5. The minimum atomic E-state index is -5.17. The van der Waals surface area contributed by atoms with Crippen LogP contribution >= 0.6 is 0 Å². The van der Waals surface area contributed by atoms with Gasteiger partial charge in [-0.05, 0) is 0 Å². The number of aliphatic hydroxyl groups excluding tert-OH is 3. The zero-order chi connectivity index (χ0) is 16.2. The number of amides is 1. The van der Waals surface area contributed by atoms with Gasteiger partial charge >= 0.3 is 12.1 Å². The maximum Gasteiger partial charge on any atom is 0.471 e. The van der Waals surface area contributed by atoms with Gasteiger partial charge in [0, 0.05) is 0 Å². The van der Waals surface area contributed by atoms with Crippen LogP contribution in [0.15, 0.2) is 12.7 Å². The molecule has 7 nitrogen and oxygen atoms in total. The van der Waals surface area contributed by atoms with E-state index >= 15 is 0 Å². The molecule has 0 aliphatic carbocycles. The van der Waals surface area contributed by atoms with Gasteiger partial charge in [0.05, 0.1) is 13.2 Å². The standard InChI is InChI=1S/C11H16F3NO6/c1-2-3-20-9-6(15-10(19)11(12,13)14)8(18)7(17)5(4-16)21-9/h2,5-9,16-18H,1,3-4H2,(H,15,19)/t5?,6-,7-,8?,9+/m1/s1. The van der Waals surface area contributed by atoms with Crippen molar-refractivity contribution in [1.29, 1.82) is 0 Å². The van der Waals surface area contributed by atoms with Crippen molar-refractivity contribution in [2.75, 3.05) is 13.2 Å². The van der Waals surface area contributed by atoms with Crippen LogP contribution in [0.5, 0.6) is 0 Å². The predicted molar refractivity (Wildman–Crippen MR) is 61.9 cm³/mol. The molecule has 122 valence electrons. The lowest BCUT2D eigenvalue weighted by Crippen LogP contribution is -2.65. The van der Waals surface area contributed by atoms with Crippen LogP contribution in [-0.2, 0) is 14.3 Å². The highest BCUT2D eigenvalue weighted by atomic mass is 19.4. The van der Waals surface area contributed by atoms with E-state index < -0.39 is 49.3 Å². The molecule has 1 saturated heterocycles. The Balaban J connectivity index is 2.88. The third kappa shape index (κ3) is 4.38. The van der Waals surface area contributed by atoms with Crippen LogP contribution < -0.4 is 5.32 Å². The summed E-state index contributed by atoms with van der Waals surface area (Å²) in [4.78, 5) is 10.9. The zero-order valence-corrected chi connectivity index (χ0v) is 10.8. The lowest BCUT2D eigenvalue weighted by Gasteiger charge is -2.42. The highest BCUT2D eigenvalue weighted by molar-refractivity contribution is 5.82. The molecule has 0 saturated carbocycles. The third-order valence-electron chi connectivity index (χ3n) is 2.81. The molecule has 10 heteroatoms. The van der Waals surface area contributed by atoms with E-state index in [0.717, 1.165) is 0 Å². The van der Waals surface area contributed by atoms with Gasteiger partial charge in [0.15, 0.2) is 6.29 Å². The zero-order valence-electron chi connectivity index (χ0n) is 10.8. The molecule has 1 rings (SSSR count). The first-order chi connectivity index (χ1) is 9.72. The Morgan fingerprint density at radius 1 is 1.38 bits per heavy atom. The van der Waals surface area contributed by atoms with E-state index in [1.807, 2.05) is 0 Å². The Bertz CT molecular complexity index is 377. The number of nitrogens with one attached hydrogen (secondary N) is 1. The van der Waals surface area contributed by atoms with E-state index in [1.54, 1.807) is 0 Å². The Morgan fingerprint density at radius 2 is 2.00 bits per heavy atom. The third-order valence-corrected chi connectivity index (χ3v) is 2.81. The van der Waals surface area contributed by atoms with Gasteiger partial charge in [-0.2, -0.15) is 13.2 Å². The highest BCUT2D eigenvalue weighted by Crippen LogP contribution is 2.24. The molecule has 0 aromatic heterocycles. The Hall–Kier alpha value is -1.20. The number of carbonyl (C=O) groups excluding carboxylic acids is 1. The van der Waals surface area contributed by atoms with Gasteiger partial charge in [-0.15, -0.1) is 6.58 Å². The predicted octanol–water partition coefficient (Wildman–Crippen LogP) is -1.32. The number of alkyl halides is 3. The van der Waals surface area contributed by atoms with Gasteiger partial charge in [-0.3, -0.25) is 4.79 Å². The SMILES string of the molecule is C=CCO[C@H]1OC(CO)[C@@H](O)C(O)[C@H]1NC(=O)C(F)(F)F. The molecule has 1 aliphatic rings. The lowest BCUT2D eigenvalue weighted by molar-refractivity contribution is -0.269. The molecule has 1 aliphatic heterocycles. The van der Waals surface area contributed by atoms with Crippen molar-refractivity contribution in [2.45, 2.75) is 36.8 Å². The van der Waals surface area contributed by atoms with Crippen LogP contribution in [0, 0.1) is 0 Å². The molecule has 1 amide bonds. The summed E-state index contributed by atoms with van der Waals surface area (Å²) in [6, 6.07) is -1.66. The van der Waals surface area contributed by atoms with E-state index in [0.29, 0.717) is 0 Å². The first-order valence-corrected chi connectivity index (χ1v) is 5.95. The number of carbonyl (C=O) groups is 1. The summed E-state index contributed by atoms with van der Waals surface area (Å²) in [5.41, 5.74) is 0. The molecule has 2 unspecified atom stereocenters. The molecule has 5 atom stereocenters. The summed E-state index contributed by atoms with van der Waals surface area (Å²) in [5.74, 6) is -2.31. The summed E-state index contributed by atoms with van der Waals surface area (Å²) in [5, 5.41) is 29.9. The normalized spacial score (nSPS) is 33.5. The molecule has 1 fully saturated rings. The summed E-state index contributed by atoms with van der Waals surface area (Å²) < 4.78 is 46.8. The molecule has 0 aromatic rings. The quantitative estimate of drug-likeness (QED) is 0.469. The minimum absolute atomic E-state index is 0.135. The Morgan fingerprint density at radius 3 is 2.48 bits per heavy atom. The van der Waals surface area contributed by atoms with E-state index in [9.17, 15) is 28.2 Å². The summed E-state index contributed by atoms with van der Waals surface area (Å²) in [6.45, 7) is 2.51. The van der Waals surface area contributed by atoms with Gasteiger partial charge < -0.3 is 30.1 Å². The van der Waals surface area contributed by atoms with E-state index in [-0.39, 0.29) is 6.61 Å². The van der Waals surface area contributed by atoms with Crippen molar-refractivity contribution >= 4 is 5.91 Å². The number of ether oxygens (including phenoxy) is 2. The fourth-order valence-corrected chi connectivity index (χ4v) is 1.77. The molecule has 0 aromatic carbocycles. The maximum absolute atomic E-state index is 12.3. The summed E-state index contributed by atoms with van der Waals surface area (Å²) in [6.07, 6.45) is -10.1. The van der Waals surface area contributed by atoms with Crippen LogP contribution in [0.1, 0.15) is 0 Å². The second-order valence-corrected chi connectivity index (χ2v) is 4.33. The van der Waals surface area contributed by atoms with Gasteiger partial charge in [0.2, 0.25) is 0 Å². The molecule has 1 heterocycles. The van der Waals surface area contributed by atoms with Crippen LogP contribution in [0.4, 0.5) is 13.2 Å². The van der Waals surface area contributed by atoms with E-state index in [1.165, 1.54) is 11.4 Å². The van der Waals surface area contributed by atoms with Crippen molar-refractivity contribution in [3.63, 3.8) is 0 Å². The Labute approximate surface area is 118 Å². The summed E-state index contributed by atoms with van der Waals surface area (Å²) >= 11 is 0. The van der Waals surface area contributed by atoms with Gasteiger partial charge in [0.25, 0.3) is 0 Å². The first kappa shape index (κ1) is 17.9. The molecule has 21 heavy (non-hydrogen) atoms. The van der Waals surface area contributed by atoms with Crippen molar-refractivity contribution in [1.82, 2.24) is 5.32 Å². The lowest BCUT2D eigenvalue weighted by atomic mass is 9.97. The largest absolute Gasteiger partial charge is 0.471 e. The number of aliphatic hydroxyl groups is 3. The average Bonchev–Trinajstić information content (AvgIpc) is 2.41. The van der Waals surface area contributed by atoms with Crippen LogP contribution in [0.2, 0.25) is 0 Å². The maximum atomic E-state index is 12.3. The van der Waals surface area contributed by atoms with Crippen molar-refractivity contribution < 1.29 is 42.8 Å². The van der Waals surface area contributed by atoms with Gasteiger partial charge in [-0.1, -0.05) is 6.08 Å². The first-order valence-electron chi connectivity index (χ1n) is 5.95. The number of halogens is 3. The minimum Gasteiger partial charge on any atom is -0.394 e. The monoisotopic (exact) mass is 315 g/mol. The fraction of sp³-hybridized carbons (Fsp3) is 0.727. The molecule has 0 spiro atoms. The highest BCUT2D eigenvalue weighted by Gasteiger charge is 2.49. The number of hydrogen-bond donors (Lipinski definition) is 4.